The summed E-state index contributed by atoms with van der Waals surface area (Å²) in [5, 5.41) is 15.2. The van der Waals surface area contributed by atoms with Crippen LogP contribution < -0.4 is 5.32 Å². The highest BCUT2D eigenvalue weighted by atomic mass is 15.5. The lowest BCUT2D eigenvalue weighted by atomic mass is 10.3. The zero-order valence-corrected chi connectivity index (χ0v) is 9.64. The maximum atomic E-state index is 4.08. The van der Waals surface area contributed by atoms with Gasteiger partial charge in [0.25, 0.3) is 0 Å². The van der Waals surface area contributed by atoms with Gasteiger partial charge in [-0.15, -0.1) is 5.10 Å². The number of tetrazole rings is 1. The minimum absolute atomic E-state index is 0.235. The molecule has 1 fully saturated rings. The highest BCUT2D eigenvalue weighted by Gasteiger charge is 2.33. The molecule has 1 heterocycles. The van der Waals surface area contributed by atoms with Crippen LogP contribution in [0.3, 0.4) is 0 Å². The van der Waals surface area contributed by atoms with Crippen molar-refractivity contribution in [1.82, 2.24) is 25.5 Å². The molecule has 1 aromatic rings. The van der Waals surface area contributed by atoms with Gasteiger partial charge in [-0.05, 0) is 42.2 Å². The van der Waals surface area contributed by atoms with E-state index in [1.807, 2.05) is 4.68 Å². The SMILES string of the molecule is CCNC(C)c1nnnn1CC1CC1C. The molecular weight excluding hydrogens is 190 g/mol. The molecule has 84 valence electrons. The fourth-order valence-electron chi connectivity index (χ4n) is 1.92. The lowest BCUT2D eigenvalue weighted by Gasteiger charge is -2.11. The molecule has 0 bridgehead atoms. The predicted molar refractivity (Wildman–Crippen MR) is 57.2 cm³/mol. The number of rotatable bonds is 5. The van der Waals surface area contributed by atoms with Crippen LogP contribution in [0.5, 0.6) is 0 Å². The Balaban J connectivity index is 2.01. The fraction of sp³-hybridized carbons (Fsp3) is 0.900. The van der Waals surface area contributed by atoms with Crippen molar-refractivity contribution in [2.24, 2.45) is 11.8 Å². The van der Waals surface area contributed by atoms with Gasteiger partial charge in [0, 0.05) is 6.54 Å². The van der Waals surface area contributed by atoms with Gasteiger partial charge in [0.05, 0.1) is 6.04 Å². The molecule has 15 heavy (non-hydrogen) atoms. The monoisotopic (exact) mass is 209 g/mol. The minimum atomic E-state index is 0.235. The number of nitrogens with zero attached hydrogens (tertiary/aromatic N) is 4. The van der Waals surface area contributed by atoms with Crippen molar-refractivity contribution in [3.8, 4) is 0 Å². The Kier molecular flexibility index (Phi) is 3.00. The molecule has 0 spiro atoms. The van der Waals surface area contributed by atoms with Crippen LogP contribution in [0.2, 0.25) is 0 Å². The summed E-state index contributed by atoms with van der Waals surface area (Å²) in [6, 6.07) is 0.235. The molecule has 0 aromatic carbocycles. The molecule has 1 aliphatic carbocycles. The third-order valence-corrected chi connectivity index (χ3v) is 3.14. The van der Waals surface area contributed by atoms with E-state index >= 15 is 0 Å². The van der Waals surface area contributed by atoms with E-state index in [0.29, 0.717) is 0 Å². The van der Waals surface area contributed by atoms with E-state index in [1.165, 1.54) is 6.42 Å². The number of hydrogen-bond acceptors (Lipinski definition) is 4. The molecule has 0 saturated heterocycles. The average Bonchev–Trinajstić information content (AvgIpc) is 2.72. The van der Waals surface area contributed by atoms with Crippen LogP contribution in [-0.2, 0) is 6.54 Å². The summed E-state index contributed by atoms with van der Waals surface area (Å²) in [7, 11) is 0. The summed E-state index contributed by atoms with van der Waals surface area (Å²) in [5.41, 5.74) is 0. The van der Waals surface area contributed by atoms with E-state index in [2.05, 4.69) is 41.6 Å². The van der Waals surface area contributed by atoms with Gasteiger partial charge in [0.2, 0.25) is 0 Å². The van der Waals surface area contributed by atoms with Gasteiger partial charge in [-0.25, -0.2) is 4.68 Å². The van der Waals surface area contributed by atoms with Crippen molar-refractivity contribution in [3.05, 3.63) is 5.82 Å². The Labute approximate surface area is 90.2 Å². The standard InChI is InChI=1S/C10H19N5/c1-4-11-8(3)10-12-13-14-15(10)6-9-5-7(9)2/h7-9,11H,4-6H2,1-3H3. The van der Waals surface area contributed by atoms with Crippen LogP contribution in [-0.4, -0.2) is 26.8 Å². The quantitative estimate of drug-likeness (QED) is 0.786. The molecule has 1 aliphatic rings. The Hall–Kier alpha value is -0.970. The van der Waals surface area contributed by atoms with Crippen molar-refractivity contribution in [1.29, 1.82) is 0 Å². The molecule has 0 radical (unpaired) electrons. The Morgan fingerprint density at radius 2 is 2.33 bits per heavy atom. The number of aromatic nitrogens is 4. The van der Waals surface area contributed by atoms with Crippen molar-refractivity contribution < 1.29 is 0 Å². The van der Waals surface area contributed by atoms with Crippen LogP contribution in [0, 0.1) is 11.8 Å². The van der Waals surface area contributed by atoms with Gasteiger partial charge in [-0.2, -0.15) is 0 Å². The molecule has 3 unspecified atom stereocenters. The first-order valence-electron chi connectivity index (χ1n) is 5.71. The second-order valence-electron chi connectivity index (χ2n) is 4.47. The van der Waals surface area contributed by atoms with Gasteiger partial charge >= 0.3 is 0 Å². The molecule has 0 aliphatic heterocycles. The molecule has 5 heteroatoms. The second-order valence-corrected chi connectivity index (χ2v) is 4.47. The summed E-state index contributed by atoms with van der Waals surface area (Å²) in [5.74, 6) is 2.58. The third-order valence-electron chi connectivity index (χ3n) is 3.14. The van der Waals surface area contributed by atoms with E-state index in [9.17, 15) is 0 Å². The fourth-order valence-corrected chi connectivity index (χ4v) is 1.92. The highest BCUT2D eigenvalue weighted by Crippen LogP contribution is 2.38. The molecule has 1 saturated carbocycles. The van der Waals surface area contributed by atoms with Crippen molar-refractivity contribution in [2.45, 2.75) is 39.8 Å². The summed E-state index contributed by atoms with van der Waals surface area (Å²) in [6.07, 6.45) is 1.31. The average molecular weight is 209 g/mol. The minimum Gasteiger partial charge on any atom is -0.308 e. The number of nitrogens with one attached hydrogen (secondary N) is 1. The van der Waals surface area contributed by atoms with E-state index in [0.717, 1.165) is 30.7 Å². The first-order chi connectivity index (χ1) is 7.22. The zero-order valence-electron chi connectivity index (χ0n) is 9.64. The Morgan fingerprint density at radius 3 is 2.93 bits per heavy atom. The lowest BCUT2D eigenvalue weighted by Crippen LogP contribution is -2.22. The van der Waals surface area contributed by atoms with Crippen molar-refractivity contribution >= 4 is 0 Å². The predicted octanol–water partition coefficient (Wildman–Crippen LogP) is 1.000. The number of hydrogen-bond donors (Lipinski definition) is 1. The van der Waals surface area contributed by atoms with Gasteiger partial charge in [-0.3, -0.25) is 0 Å². The van der Waals surface area contributed by atoms with Crippen LogP contribution in [0.4, 0.5) is 0 Å². The Bertz CT molecular complexity index is 321. The normalized spacial score (nSPS) is 26.6. The lowest BCUT2D eigenvalue weighted by molar-refractivity contribution is 0.465. The summed E-state index contributed by atoms with van der Waals surface area (Å²) < 4.78 is 1.95. The third kappa shape index (κ3) is 2.34. The maximum absolute atomic E-state index is 4.08. The molecule has 3 atom stereocenters. The molecule has 2 rings (SSSR count). The van der Waals surface area contributed by atoms with E-state index in [4.69, 9.17) is 0 Å². The molecule has 5 nitrogen and oxygen atoms in total. The van der Waals surface area contributed by atoms with Crippen LogP contribution in [0.25, 0.3) is 0 Å². The van der Waals surface area contributed by atoms with Crippen molar-refractivity contribution in [2.75, 3.05) is 6.54 Å². The summed E-state index contributed by atoms with van der Waals surface area (Å²) in [6.45, 7) is 8.38. The molecule has 1 N–H and O–H groups in total. The largest absolute Gasteiger partial charge is 0.308 e. The molecule has 0 amide bonds. The van der Waals surface area contributed by atoms with Crippen molar-refractivity contribution in [3.63, 3.8) is 0 Å². The van der Waals surface area contributed by atoms with Gasteiger partial charge < -0.3 is 5.32 Å². The van der Waals surface area contributed by atoms with E-state index in [1.54, 1.807) is 0 Å². The summed E-state index contributed by atoms with van der Waals surface area (Å²) >= 11 is 0. The first-order valence-corrected chi connectivity index (χ1v) is 5.71. The molecule has 1 aromatic heterocycles. The summed E-state index contributed by atoms with van der Waals surface area (Å²) in [4.78, 5) is 0. The zero-order chi connectivity index (χ0) is 10.8. The van der Waals surface area contributed by atoms with E-state index in [-0.39, 0.29) is 6.04 Å². The van der Waals surface area contributed by atoms with Gasteiger partial charge in [-0.1, -0.05) is 13.8 Å². The van der Waals surface area contributed by atoms with Gasteiger partial charge in [0.15, 0.2) is 5.82 Å². The first kappa shape index (κ1) is 10.5. The van der Waals surface area contributed by atoms with Crippen LogP contribution in [0.15, 0.2) is 0 Å². The second kappa shape index (κ2) is 4.26. The van der Waals surface area contributed by atoms with E-state index < -0.39 is 0 Å². The van der Waals surface area contributed by atoms with Gasteiger partial charge in [0.1, 0.15) is 0 Å². The topological polar surface area (TPSA) is 55.6 Å². The molecular formula is C10H19N5. The Morgan fingerprint density at radius 1 is 1.60 bits per heavy atom. The van der Waals surface area contributed by atoms with Crippen LogP contribution >= 0.6 is 0 Å². The van der Waals surface area contributed by atoms with Crippen LogP contribution in [0.1, 0.15) is 39.1 Å². The smallest absolute Gasteiger partial charge is 0.167 e. The maximum Gasteiger partial charge on any atom is 0.167 e. The highest BCUT2D eigenvalue weighted by molar-refractivity contribution is 4.92.